The van der Waals surface area contributed by atoms with Gasteiger partial charge >= 0.3 is 0 Å². The van der Waals surface area contributed by atoms with Crippen molar-refractivity contribution in [1.29, 1.82) is 0 Å². The van der Waals surface area contributed by atoms with Gasteiger partial charge in [0.25, 0.3) is 0 Å². The average molecular weight is 172 g/mol. The summed E-state index contributed by atoms with van der Waals surface area (Å²) < 4.78 is 0. The molecule has 2 heteroatoms. The quantitative estimate of drug-likeness (QED) is 0.714. The number of benzene rings is 1. The van der Waals surface area contributed by atoms with Gasteiger partial charge in [-0.25, -0.2) is 0 Å². The Morgan fingerprint density at radius 1 is 1.38 bits per heavy atom. The number of fused-ring (bicyclic) bond motifs is 1. The SMILES string of the molecule is Cc1cc(CN)c2cnccc2c1. The molecule has 0 fully saturated rings. The summed E-state index contributed by atoms with van der Waals surface area (Å²) in [6, 6.07) is 6.28. The van der Waals surface area contributed by atoms with Crippen molar-refractivity contribution >= 4 is 10.8 Å². The number of hydrogen-bond donors (Lipinski definition) is 1. The summed E-state index contributed by atoms with van der Waals surface area (Å²) in [5, 5.41) is 2.38. The van der Waals surface area contributed by atoms with Crippen molar-refractivity contribution in [3.63, 3.8) is 0 Å². The Labute approximate surface area is 77.4 Å². The summed E-state index contributed by atoms with van der Waals surface area (Å²) in [7, 11) is 0. The average Bonchev–Trinajstić information content (AvgIpc) is 2.16. The van der Waals surface area contributed by atoms with Gasteiger partial charge in [0.2, 0.25) is 0 Å². The highest BCUT2D eigenvalue weighted by Crippen LogP contribution is 2.19. The zero-order chi connectivity index (χ0) is 9.26. The standard InChI is InChI=1S/C11H12N2/c1-8-4-9-2-3-13-7-11(9)10(5-8)6-12/h2-5,7H,6,12H2,1H3. The van der Waals surface area contributed by atoms with E-state index in [9.17, 15) is 0 Å². The minimum Gasteiger partial charge on any atom is -0.326 e. The molecule has 0 saturated carbocycles. The highest BCUT2D eigenvalue weighted by atomic mass is 14.6. The molecule has 0 radical (unpaired) electrons. The molecule has 0 amide bonds. The Kier molecular flexibility index (Phi) is 1.99. The van der Waals surface area contributed by atoms with Gasteiger partial charge in [0, 0.05) is 24.3 Å². The summed E-state index contributed by atoms with van der Waals surface area (Å²) in [6.07, 6.45) is 3.68. The van der Waals surface area contributed by atoms with Gasteiger partial charge in [0.1, 0.15) is 0 Å². The summed E-state index contributed by atoms with van der Waals surface area (Å²) in [6.45, 7) is 2.66. The molecule has 0 spiro atoms. The maximum Gasteiger partial charge on any atom is 0.0349 e. The lowest BCUT2D eigenvalue weighted by Crippen LogP contribution is -1.98. The minimum atomic E-state index is 0.573. The Morgan fingerprint density at radius 2 is 2.23 bits per heavy atom. The van der Waals surface area contributed by atoms with Gasteiger partial charge in [0.05, 0.1) is 0 Å². The third-order valence-corrected chi connectivity index (χ3v) is 2.21. The van der Waals surface area contributed by atoms with E-state index in [2.05, 4.69) is 24.0 Å². The maximum atomic E-state index is 5.66. The Hall–Kier alpha value is -1.41. The van der Waals surface area contributed by atoms with Gasteiger partial charge in [0.15, 0.2) is 0 Å². The van der Waals surface area contributed by atoms with Crippen LogP contribution in [0.25, 0.3) is 10.8 Å². The third kappa shape index (κ3) is 1.40. The zero-order valence-corrected chi connectivity index (χ0v) is 7.62. The van der Waals surface area contributed by atoms with E-state index in [1.165, 1.54) is 16.5 Å². The summed E-state index contributed by atoms with van der Waals surface area (Å²) in [5.41, 5.74) is 8.08. The number of aromatic nitrogens is 1. The van der Waals surface area contributed by atoms with E-state index in [0.29, 0.717) is 6.54 Å². The lowest BCUT2D eigenvalue weighted by Gasteiger charge is -2.04. The van der Waals surface area contributed by atoms with E-state index in [1.54, 1.807) is 0 Å². The molecule has 1 heterocycles. The van der Waals surface area contributed by atoms with Crippen LogP contribution in [0.1, 0.15) is 11.1 Å². The first kappa shape index (κ1) is 8.20. The van der Waals surface area contributed by atoms with Crippen LogP contribution in [0, 0.1) is 6.92 Å². The van der Waals surface area contributed by atoms with Gasteiger partial charge in [-0.3, -0.25) is 4.98 Å². The summed E-state index contributed by atoms with van der Waals surface area (Å²) >= 11 is 0. The Morgan fingerprint density at radius 3 is 3.00 bits per heavy atom. The highest BCUT2D eigenvalue weighted by molar-refractivity contribution is 5.85. The zero-order valence-electron chi connectivity index (χ0n) is 7.62. The van der Waals surface area contributed by atoms with Crippen molar-refractivity contribution in [3.8, 4) is 0 Å². The molecule has 0 atom stereocenters. The van der Waals surface area contributed by atoms with E-state index >= 15 is 0 Å². The van der Waals surface area contributed by atoms with Crippen LogP contribution in [-0.2, 0) is 6.54 Å². The second-order valence-electron chi connectivity index (χ2n) is 3.22. The van der Waals surface area contributed by atoms with Crippen LogP contribution in [0.2, 0.25) is 0 Å². The van der Waals surface area contributed by atoms with Crippen molar-refractivity contribution in [3.05, 3.63) is 41.7 Å². The van der Waals surface area contributed by atoms with Gasteiger partial charge < -0.3 is 5.73 Å². The first-order chi connectivity index (χ1) is 6.31. The third-order valence-electron chi connectivity index (χ3n) is 2.21. The molecule has 0 saturated heterocycles. The molecule has 2 N–H and O–H groups in total. The maximum absolute atomic E-state index is 5.66. The molecule has 2 aromatic rings. The molecule has 0 aliphatic carbocycles. The molecule has 0 unspecified atom stereocenters. The second-order valence-corrected chi connectivity index (χ2v) is 3.22. The summed E-state index contributed by atoms with van der Waals surface area (Å²) in [4.78, 5) is 4.10. The van der Waals surface area contributed by atoms with Gasteiger partial charge in [-0.15, -0.1) is 0 Å². The Balaban J connectivity index is 2.81. The molecule has 0 bridgehead atoms. The minimum absolute atomic E-state index is 0.573. The van der Waals surface area contributed by atoms with Crippen LogP contribution in [0.15, 0.2) is 30.6 Å². The fourth-order valence-corrected chi connectivity index (χ4v) is 1.61. The number of hydrogen-bond acceptors (Lipinski definition) is 2. The lowest BCUT2D eigenvalue weighted by molar-refractivity contribution is 1.08. The van der Waals surface area contributed by atoms with Crippen LogP contribution < -0.4 is 5.73 Å². The molecule has 0 aliphatic rings. The van der Waals surface area contributed by atoms with Gasteiger partial charge in [-0.1, -0.05) is 17.7 Å². The van der Waals surface area contributed by atoms with E-state index in [4.69, 9.17) is 5.73 Å². The van der Waals surface area contributed by atoms with Crippen LogP contribution in [0.3, 0.4) is 0 Å². The predicted octanol–water partition coefficient (Wildman–Crippen LogP) is 2.00. The highest BCUT2D eigenvalue weighted by Gasteiger charge is 1.99. The van der Waals surface area contributed by atoms with E-state index < -0.39 is 0 Å². The molecule has 2 rings (SSSR count). The number of nitrogens with zero attached hydrogens (tertiary/aromatic N) is 1. The van der Waals surface area contributed by atoms with Crippen LogP contribution in [-0.4, -0.2) is 4.98 Å². The van der Waals surface area contributed by atoms with Crippen molar-refractivity contribution in [2.24, 2.45) is 5.73 Å². The van der Waals surface area contributed by atoms with E-state index in [1.807, 2.05) is 18.5 Å². The molecule has 2 nitrogen and oxygen atoms in total. The second kappa shape index (κ2) is 3.15. The van der Waals surface area contributed by atoms with Crippen molar-refractivity contribution in [2.45, 2.75) is 13.5 Å². The Bertz CT molecular complexity index is 435. The fraction of sp³-hybridized carbons (Fsp3) is 0.182. The largest absolute Gasteiger partial charge is 0.326 e. The topological polar surface area (TPSA) is 38.9 Å². The molecule has 66 valence electrons. The monoisotopic (exact) mass is 172 g/mol. The first-order valence-corrected chi connectivity index (χ1v) is 4.34. The van der Waals surface area contributed by atoms with Crippen LogP contribution >= 0.6 is 0 Å². The number of rotatable bonds is 1. The van der Waals surface area contributed by atoms with Crippen LogP contribution in [0.5, 0.6) is 0 Å². The van der Waals surface area contributed by atoms with E-state index in [0.717, 1.165) is 5.39 Å². The molecule has 1 aromatic carbocycles. The predicted molar refractivity (Wildman–Crippen MR) is 54.4 cm³/mol. The first-order valence-electron chi connectivity index (χ1n) is 4.34. The normalized spacial score (nSPS) is 10.6. The number of nitrogens with two attached hydrogens (primary N) is 1. The van der Waals surface area contributed by atoms with Crippen molar-refractivity contribution < 1.29 is 0 Å². The molecule has 0 aliphatic heterocycles. The summed E-state index contributed by atoms with van der Waals surface area (Å²) in [5.74, 6) is 0. The number of pyridine rings is 1. The molecule has 13 heavy (non-hydrogen) atoms. The van der Waals surface area contributed by atoms with Gasteiger partial charge in [-0.2, -0.15) is 0 Å². The molecular formula is C11H12N2. The van der Waals surface area contributed by atoms with Crippen LogP contribution in [0.4, 0.5) is 0 Å². The van der Waals surface area contributed by atoms with Crippen molar-refractivity contribution in [1.82, 2.24) is 4.98 Å². The fourth-order valence-electron chi connectivity index (χ4n) is 1.61. The van der Waals surface area contributed by atoms with Crippen molar-refractivity contribution in [2.75, 3.05) is 0 Å². The smallest absolute Gasteiger partial charge is 0.0349 e. The lowest BCUT2D eigenvalue weighted by atomic mass is 10.0. The molecule has 1 aromatic heterocycles. The van der Waals surface area contributed by atoms with E-state index in [-0.39, 0.29) is 0 Å². The van der Waals surface area contributed by atoms with Gasteiger partial charge in [-0.05, 0) is 23.9 Å². The number of aryl methyl sites for hydroxylation is 1. The molecular weight excluding hydrogens is 160 g/mol.